The second kappa shape index (κ2) is 11.1. The Morgan fingerprint density at radius 3 is 2.17 bits per heavy atom. The molecule has 7 nitrogen and oxygen atoms in total. The molecule has 0 saturated carbocycles. The molecule has 0 spiro atoms. The van der Waals surface area contributed by atoms with Crippen molar-refractivity contribution < 1.29 is 13.2 Å². The van der Waals surface area contributed by atoms with E-state index in [0.717, 1.165) is 11.8 Å². The first-order chi connectivity index (χ1) is 19.9. The molecular weight excluding hydrogens is 529 g/mol. The molecule has 10 heteroatoms. The van der Waals surface area contributed by atoms with Crippen LogP contribution in [0.5, 0.6) is 0 Å². The SMILES string of the molecule is O=c1cc(Nc2ccccc2)n(-c2ccccc2)c2nc(N3CCN(Cc4ccccn4)CC3)cc(C(F)(F)F)c12. The Morgan fingerprint density at radius 2 is 1.51 bits per heavy atom. The van der Waals surface area contributed by atoms with Gasteiger partial charge < -0.3 is 10.2 Å². The van der Waals surface area contributed by atoms with Crippen LogP contribution in [0.2, 0.25) is 0 Å². The van der Waals surface area contributed by atoms with Gasteiger partial charge in [-0.15, -0.1) is 0 Å². The summed E-state index contributed by atoms with van der Waals surface area (Å²) in [6.45, 7) is 2.91. The van der Waals surface area contributed by atoms with E-state index in [9.17, 15) is 18.0 Å². The molecule has 0 amide bonds. The van der Waals surface area contributed by atoms with Crippen LogP contribution in [-0.4, -0.2) is 45.6 Å². The van der Waals surface area contributed by atoms with Crippen molar-refractivity contribution in [1.82, 2.24) is 19.4 Å². The largest absolute Gasteiger partial charge is 0.417 e. The van der Waals surface area contributed by atoms with Crippen LogP contribution in [0.4, 0.5) is 30.5 Å². The number of hydrogen-bond acceptors (Lipinski definition) is 6. The lowest BCUT2D eigenvalue weighted by molar-refractivity contribution is -0.136. The predicted molar refractivity (Wildman–Crippen MR) is 154 cm³/mol. The summed E-state index contributed by atoms with van der Waals surface area (Å²) in [6, 6.07) is 26.1. The molecule has 1 N–H and O–H groups in total. The lowest BCUT2D eigenvalue weighted by Gasteiger charge is -2.35. The topological polar surface area (TPSA) is 66.3 Å². The molecule has 0 aliphatic carbocycles. The van der Waals surface area contributed by atoms with Gasteiger partial charge in [0, 0.05) is 56.4 Å². The number of benzene rings is 2. The minimum atomic E-state index is -4.75. The minimum absolute atomic E-state index is 0.0529. The number of halogens is 3. The molecule has 1 aliphatic heterocycles. The van der Waals surface area contributed by atoms with Gasteiger partial charge in [0.25, 0.3) is 0 Å². The predicted octanol–water partition coefficient (Wildman–Crippen LogP) is 5.87. The number of fused-ring (bicyclic) bond motifs is 1. The Kier molecular flexibility index (Phi) is 7.15. The van der Waals surface area contributed by atoms with Crippen LogP contribution in [0.3, 0.4) is 0 Å². The first-order valence-corrected chi connectivity index (χ1v) is 13.3. The Hall–Kier alpha value is -4.70. The molecule has 4 heterocycles. The summed E-state index contributed by atoms with van der Waals surface area (Å²) in [5, 5.41) is 2.75. The van der Waals surface area contributed by atoms with Crippen LogP contribution in [0.15, 0.2) is 102 Å². The second-order valence-electron chi connectivity index (χ2n) is 9.86. The fraction of sp³-hybridized carbons (Fsp3) is 0.194. The van der Waals surface area contributed by atoms with Gasteiger partial charge in [-0.25, -0.2) is 4.98 Å². The first-order valence-electron chi connectivity index (χ1n) is 13.3. The van der Waals surface area contributed by atoms with Crippen LogP contribution >= 0.6 is 0 Å². The molecule has 0 atom stereocenters. The van der Waals surface area contributed by atoms with Crippen LogP contribution in [0.1, 0.15) is 11.3 Å². The second-order valence-corrected chi connectivity index (χ2v) is 9.86. The molecule has 1 saturated heterocycles. The fourth-order valence-corrected chi connectivity index (χ4v) is 5.14. The third-order valence-corrected chi connectivity index (χ3v) is 7.13. The van der Waals surface area contributed by atoms with E-state index in [1.165, 1.54) is 6.07 Å². The van der Waals surface area contributed by atoms with Crippen molar-refractivity contribution in [2.45, 2.75) is 12.7 Å². The van der Waals surface area contributed by atoms with E-state index in [0.29, 0.717) is 49.9 Å². The van der Waals surface area contributed by atoms with Crippen LogP contribution in [0.25, 0.3) is 16.7 Å². The quantitative estimate of drug-likeness (QED) is 0.283. The average Bonchev–Trinajstić information content (AvgIpc) is 2.98. The molecule has 6 rings (SSSR count). The van der Waals surface area contributed by atoms with Gasteiger partial charge in [0.15, 0.2) is 11.1 Å². The summed E-state index contributed by atoms with van der Waals surface area (Å²) in [7, 11) is 0. The Balaban J connectivity index is 1.46. The molecule has 2 aromatic carbocycles. The van der Waals surface area contributed by atoms with Crippen molar-refractivity contribution >= 4 is 28.4 Å². The zero-order valence-electron chi connectivity index (χ0n) is 22.1. The number of pyridine rings is 3. The molecule has 3 aromatic heterocycles. The fourth-order valence-electron chi connectivity index (χ4n) is 5.14. The van der Waals surface area contributed by atoms with E-state index >= 15 is 0 Å². The van der Waals surface area contributed by atoms with Crippen molar-refractivity contribution in [3.63, 3.8) is 0 Å². The number of nitrogens with one attached hydrogen (secondary N) is 1. The number of rotatable bonds is 6. The molecule has 0 radical (unpaired) electrons. The van der Waals surface area contributed by atoms with Crippen LogP contribution < -0.4 is 15.6 Å². The standard InChI is InChI=1S/C31H27F3N6O/c32-31(33,34)25-19-27(39-17-15-38(16-18-39)21-23-11-7-8-14-35-23)37-30-29(25)26(41)20-28(36-22-9-3-1-4-10-22)40(30)24-12-5-2-6-13-24/h1-14,19-20,36H,15-18,21H2. The van der Waals surface area contributed by atoms with Gasteiger partial charge in [0.05, 0.1) is 16.6 Å². The van der Waals surface area contributed by atoms with E-state index in [4.69, 9.17) is 4.98 Å². The van der Waals surface area contributed by atoms with Gasteiger partial charge in [-0.1, -0.05) is 42.5 Å². The molecule has 1 aliphatic rings. The highest BCUT2D eigenvalue weighted by atomic mass is 19.4. The zero-order chi connectivity index (χ0) is 28.4. The van der Waals surface area contributed by atoms with Gasteiger partial charge in [0.1, 0.15) is 11.6 Å². The van der Waals surface area contributed by atoms with Crippen LogP contribution in [0, 0.1) is 0 Å². The average molecular weight is 557 g/mol. The highest BCUT2D eigenvalue weighted by Gasteiger charge is 2.36. The number of aromatic nitrogens is 3. The van der Waals surface area contributed by atoms with Gasteiger partial charge in [-0.3, -0.25) is 19.2 Å². The number of nitrogens with zero attached hydrogens (tertiary/aromatic N) is 5. The highest BCUT2D eigenvalue weighted by Crippen LogP contribution is 2.37. The molecular formula is C31H27F3N6O. The monoisotopic (exact) mass is 556 g/mol. The molecule has 5 aromatic rings. The summed E-state index contributed by atoms with van der Waals surface area (Å²) >= 11 is 0. The number of piperazine rings is 1. The Bertz CT molecular complexity index is 1700. The third kappa shape index (κ3) is 5.64. The lowest BCUT2D eigenvalue weighted by atomic mass is 10.1. The van der Waals surface area contributed by atoms with E-state index in [2.05, 4.69) is 15.2 Å². The normalized spacial score (nSPS) is 14.4. The van der Waals surface area contributed by atoms with E-state index in [-0.39, 0.29) is 11.5 Å². The maximum absolute atomic E-state index is 14.5. The van der Waals surface area contributed by atoms with Crippen molar-refractivity contribution in [2.75, 3.05) is 36.4 Å². The van der Waals surface area contributed by atoms with Crippen molar-refractivity contribution in [2.24, 2.45) is 0 Å². The first kappa shape index (κ1) is 26.5. The van der Waals surface area contributed by atoms with E-state index < -0.39 is 22.6 Å². The highest BCUT2D eigenvalue weighted by molar-refractivity contribution is 5.86. The third-order valence-electron chi connectivity index (χ3n) is 7.13. The molecule has 1 fully saturated rings. The van der Waals surface area contributed by atoms with E-state index in [1.807, 2.05) is 59.5 Å². The Morgan fingerprint density at radius 1 is 0.829 bits per heavy atom. The molecule has 41 heavy (non-hydrogen) atoms. The summed E-state index contributed by atoms with van der Waals surface area (Å²) in [5.74, 6) is 0.501. The van der Waals surface area contributed by atoms with Crippen molar-refractivity contribution in [3.8, 4) is 5.69 Å². The van der Waals surface area contributed by atoms with Crippen molar-refractivity contribution in [1.29, 1.82) is 0 Å². The summed E-state index contributed by atoms with van der Waals surface area (Å²) < 4.78 is 45.1. The minimum Gasteiger partial charge on any atom is -0.354 e. The summed E-state index contributed by atoms with van der Waals surface area (Å²) in [4.78, 5) is 26.5. The van der Waals surface area contributed by atoms with Gasteiger partial charge in [-0.05, 0) is 42.5 Å². The number of hydrogen-bond donors (Lipinski definition) is 1. The zero-order valence-corrected chi connectivity index (χ0v) is 22.1. The maximum Gasteiger partial charge on any atom is 0.417 e. The molecule has 0 unspecified atom stereocenters. The number of anilines is 3. The van der Waals surface area contributed by atoms with Crippen LogP contribution in [-0.2, 0) is 12.7 Å². The van der Waals surface area contributed by atoms with Gasteiger partial charge >= 0.3 is 6.18 Å². The lowest BCUT2D eigenvalue weighted by Crippen LogP contribution is -2.46. The smallest absolute Gasteiger partial charge is 0.354 e. The van der Waals surface area contributed by atoms with Gasteiger partial charge in [0.2, 0.25) is 0 Å². The maximum atomic E-state index is 14.5. The number of para-hydroxylation sites is 2. The summed E-state index contributed by atoms with van der Waals surface area (Å²) in [5.41, 5.74) is 0.407. The molecule has 0 bridgehead atoms. The Labute approximate surface area is 234 Å². The molecule has 208 valence electrons. The van der Waals surface area contributed by atoms with Crippen molar-refractivity contribution in [3.05, 3.63) is 119 Å². The van der Waals surface area contributed by atoms with Gasteiger partial charge in [-0.2, -0.15) is 13.2 Å². The van der Waals surface area contributed by atoms with E-state index in [1.54, 1.807) is 35.0 Å². The number of alkyl halides is 3. The summed E-state index contributed by atoms with van der Waals surface area (Å²) in [6.07, 6.45) is -3.00.